The molecule has 0 unspecified atom stereocenters. The Balaban J connectivity index is 3.70. The van der Waals surface area contributed by atoms with Crippen molar-refractivity contribution in [2.45, 2.75) is 77.5 Å². The summed E-state index contributed by atoms with van der Waals surface area (Å²) in [4.78, 5) is 0.511. The molecule has 150 valence electrons. The van der Waals surface area contributed by atoms with Crippen LogP contribution in [0.5, 0.6) is 0 Å². The molecular weight excluding hydrogens is 346 g/mol. The Bertz CT molecular complexity index is 649. The lowest BCUT2D eigenvalue weighted by Gasteiger charge is -2.28. The number of sulfonamides is 1. The first kappa shape index (κ1) is 23.1. The second-order valence-corrected chi connectivity index (χ2v) is 9.76. The van der Waals surface area contributed by atoms with Crippen molar-refractivity contribution in [1.29, 1.82) is 0 Å². The monoisotopic (exact) mass is 383 g/mol. The number of hydrogen-bond acceptors (Lipinski definition) is 3. The van der Waals surface area contributed by atoms with Gasteiger partial charge in [0.05, 0.1) is 11.5 Å². The van der Waals surface area contributed by atoms with Crippen LogP contribution in [0.4, 0.5) is 0 Å². The third kappa shape index (κ3) is 5.30. The van der Waals surface area contributed by atoms with E-state index in [1.807, 2.05) is 6.92 Å². The highest BCUT2D eigenvalue weighted by Gasteiger charge is 2.31. The molecule has 0 amide bonds. The quantitative estimate of drug-likeness (QED) is 0.564. The molecule has 1 aromatic rings. The lowest BCUT2D eigenvalue weighted by molar-refractivity contribution is 0.179. The molecule has 1 rings (SSSR count). The normalized spacial score (nSPS) is 12.8. The Labute approximate surface area is 161 Å². The molecule has 0 aliphatic carbocycles. The van der Waals surface area contributed by atoms with Crippen LogP contribution < -0.4 is 0 Å². The van der Waals surface area contributed by atoms with Crippen LogP contribution in [0.1, 0.15) is 89.3 Å². The van der Waals surface area contributed by atoms with Gasteiger partial charge in [-0.15, -0.1) is 0 Å². The van der Waals surface area contributed by atoms with E-state index in [4.69, 9.17) is 4.74 Å². The van der Waals surface area contributed by atoms with Gasteiger partial charge in [0.15, 0.2) is 0 Å². The van der Waals surface area contributed by atoms with E-state index in [1.165, 1.54) is 5.56 Å². The molecule has 0 saturated heterocycles. The summed E-state index contributed by atoms with van der Waals surface area (Å²) in [7, 11) is -1.97. The number of benzene rings is 1. The molecule has 0 bridgehead atoms. The van der Waals surface area contributed by atoms with Crippen LogP contribution in [-0.2, 0) is 14.8 Å². The molecule has 0 aliphatic rings. The molecule has 26 heavy (non-hydrogen) atoms. The van der Waals surface area contributed by atoms with Crippen LogP contribution in [0.25, 0.3) is 0 Å². The van der Waals surface area contributed by atoms with E-state index in [0.717, 1.165) is 17.5 Å². The summed E-state index contributed by atoms with van der Waals surface area (Å²) in [6.45, 7) is 15.9. The van der Waals surface area contributed by atoms with Gasteiger partial charge in [-0.1, -0.05) is 60.6 Å². The minimum Gasteiger partial charge on any atom is -0.383 e. The SMILES string of the molecule is CCCN(CCOC)S(=O)(=O)c1c(C(C)C)cc(C(C)C)cc1C(C)C. The molecule has 0 aromatic heterocycles. The zero-order chi connectivity index (χ0) is 20.1. The van der Waals surface area contributed by atoms with Crippen LogP contribution in [0.15, 0.2) is 17.0 Å². The van der Waals surface area contributed by atoms with Crippen molar-refractivity contribution < 1.29 is 13.2 Å². The Morgan fingerprint density at radius 3 is 1.77 bits per heavy atom. The summed E-state index contributed by atoms with van der Waals surface area (Å²) < 4.78 is 34.0. The van der Waals surface area contributed by atoms with Crippen molar-refractivity contribution in [1.82, 2.24) is 4.31 Å². The van der Waals surface area contributed by atoms with Gasteiger partial charge in [0.25, 0.3) is 0 Å². The average molecular weight is 384 g/mol. The third-order valence-corrected chi connectivity index (χ3v) is 6.73. The number of hydrogen-bond donors (Lipinski definition) is 0. The van der Waals surface area contributed by atoms with Crippen molar-refractivity contribution in [2.24, 2.45) is 0 Å². The maximum Gasteiger partial charge on any atom is 0.243 e. The molecule has 0 fully saturated rings. The molecule has 0 atom stereocenters. The fourth-order valence-corrected chi connectivity index (χ4v) is 5.29. The van der Waals surface area contributed by atoms with Crippen LogP contribution in [0, 0.1) is 0 Å². The largest absolute Gasteiger partial charge is 0.383 e. The molecule has 4 nitrogen and oxygen atoms in total. The summed E-state index contributed by atoms with van der Waals surface area (Å²) in [6, 6.07) is 4.18. The zero-order valence-corrected chi connectivity index (χ0v) is 18.6. The Morgan fingerprint density at radius 1 is 0.923 bits per heavy atom. The van der Waals surface area contributed by atoms with E-state index in [9.17, 15) is 8.42 Å². The summed E-state index contributed by atoms with van der Waals surface area (Å²) >= 11 is 0. The fraction of sp³-hybridized carbons (Fsp3) is 0.714. The Hall–Kier alpha value is -0.910. The van der Waals surface area contributed by atoms with Crippen LogP contribution in [0.3, 0.4) is 0 Å². The molecular formula is C21H37NO3S. The van der Waals surface area contributed by atoms with Gasteiger partial charge in [0, 0.05) is 20.2 Å². The predicted molar refractivity (Wildman–Crippen MR) is 110 cm³/mol. The molecule has 5 heteroatoms. The van der Waals surface area contributed by atoms with E-state index in [0.29, 0.717) is 30.5 Å². The van der Waals surface area contributed by atoms with Gasteiger partial charge in [-0.25, -0.2) is 8.42 Å². The van der Waals surface area contributed by atoms with Crippen LogP contribution in [-0.4, -0.2) is 39.5 Å². The lowest BCUT2D eigenvalue weighted by Crippen LogP contribution is -2.36. The zero-order valence-electron chi connectivity index (χ0n) is 17.8. The molecule has 0 radical (unpaired) electrons. The molecule has 0 saturated carbocycles. The predicted octanol–water partition coefficient (Wildman–Crippen LogP) is 5.10. The maximum atomic E-state index is 13.6. The van der Waals surface area contributed by atoms with Gasteiger partial charge in [-0.3, -0.25) is 0 Å². The smallest absolute Gasteiger partial charge is 0.243 e. The summed E-state index contributed by atoms with van der Waals surface area (Å²) in [5.41, 5.74) is 3.06. The standard InChI is InChI=1S/C21H37NO3S/c1-9-10-22(11-12-25-8)26(23,24)21-19(16(4)5)13-18(15(2)3)14-20(21)17(6)7/h13-17H,9-12H2,1-8H3. The summed E-state index contributed by atoms with van der Waals surface area (Å²) in [6.07, 6.45) is 0.779. The first-order valence-corrected chi connectivity index (χ1v) is 11.2. The molecule has 0 spiro atoms. The summed E-state index contributed by atoms with van der Waals surface area (Å²) in [5, 5.41) is 0. The van der Waals surface area contributed by atoms with Gasteiger partial charge < -0.3 is 4.74 Å². The number of methoxy groups -OCH3 is 1. The van der Waals surface area contributed by atoms with Gasteiger partial charge in [-0.2, -0.15) is 4.31 Å². The topological polar surface area (TPSA) is 46.6 Å². The number of rotatable bonds is 10. The van der Waals surface area contributed by atoms with Crippen molar-refractivity contribution in [3.8, 4) is 0 Å². The second-order valence-electron chi connectivity index (χ2n) is 7.89. The van der Waals surface area contributed by atoms with Gasteiger partial charge >= 0.3 is 0 Å². The first-order chi connectivity index (χ1) is 12.1. The highest BCUT2D eigenvalue weighted by molar-refractivity contribution is 7.89. The van der Waals surface area contributed by atoms with Crippen LogP contribution >= 0.6 is 0 Å². The van der Waals surface area contributed by atoms with Crippen molar-refractivity contribution in [3.63, 3.8) is 0 Å². The van der Waals surface area contributed by atoms with Gasteiger partial charge in [-0.05, 0) is 40.9 Å². The van der Waals surface area contributed by atoms with Crippen molar-refractivity contribution in [2.75, 3.05) is 26.8 Å². The summed E-state index contributed by atoms with van der Waals surface area (Å²) in [5.74, 6) is 0.644. The first-order valence-electron chi connectivity index (χ1n) is 9.74. The maximum absolute atomic E-state index is 13.6. The number of ether oxygens (including phenoxy) is 1. The van der Waals surface area contributed by atoms with Crippen LogP contribution in [0.2, 0.25) is 0 Å². The van der Waals surface area contributed by atoms with Gasteiger partial charge in [0.2, 0.25) is 10.0 Å². The number of nitrogens with zero attached hydrogens (tertiary/aromatic N) is 1. The second kappa shape index (κ2) is 9.86. The average Bonchev–Trinajstić information content (AvgIpc) is 2.56. The van der Waals surface area contributed by atoms with E-state index in [2.05, 4.69) is 53.7 Å². The lowest BCUT2D eigenvalue weighted by atomic mass is 9.89. The highest BCUT2D eigenvalue weighted by atomic mass is 32.2. The molecule has 0 heterocycles. The molecule has 1 aromatic carbocycles. The van der Waals surface area contributed by atoms with Gasteiger partial charge in [0.1, 0.15) is 0 Å². The minimum atomic E-state index is -3.58. The fourth-order valence-electron chi connectivity index (χ4n) is 3.11. The van der Waals surface area contributed by atoms with Crippen molar-refractivity contribution in [3.05, 3.63) is 28.8 Å². The minimum absolute atomic E-state index is 0.141. The molecule has 0 N–H and O–H groups in total. The van der Waals surface area contributed by atoms with E-state index in [1.54, 1.807) is 11.4 Å². The van der Waals surface area contributed by atoms with E-state index in [-0.39, 0.29) is 11.8 Å². The van der Waals surface area contributed by atoms with E-state index < -0.39 is 10.0 Å². The Morgan fingerprint density at radius 2 is 1.42 bits per heavy atom. The third-order valence-electron chi connectivity index (χ3n) is 4.70. The molecule has 0 aliphatic heterocycles. The highest BCUT2D eigenvalue weighted by Crippen LogP contribution is 2.36. The van der Waals surface area contributed by atoms with Crippen molar-refractivity contribution >= 4 is 10.0 Å². The van der Waals surface area contributed by atoms with E-state index >= 15 is 0 Å². The Kier molecular flexibility index (Phi) is 8.77.